The molecule has 0 amide bonds. The van der Waals surface area contributed by atoms with Crippen LogP contribution in [-0.4, -0.2) is 30.4 Å². The van der Waals surface area contributed by atoms with E-state index < -0.39 is 6.10 Å². The van der Waals surface area contributed by atoms with Crippen molar-refractivity contribution in [3.05, 3.63) is 53.5 Å². The predicted molar refractivity (Wildman–Crippen MR) is 95.1 cm³/mol. The first-order valence-corrected chi connectivity index (χ1v) is 8.41. The van der Waals surface area contributed by atoms with Crippen molar-refractivity contribution in [1.82, 2.24) is 10.6 Å². The number of aliphatic hydroxyl groups is 1. The topological polar surface area (TPSA) is 66.7 Å². The number of hydrogen-bond acceptors (Lipinski definition) is 5. The molecule has 0 spiro atoms. The Bertz CT molecular complexity index is 593. The van der Waals surface area contributed by atoms with Gasteiger partial charge < -0.3 is 24.9 Å². The van der Waals surface area contributed by atoms with Crippen molar-refractivity contribution in [3.63, 3.8) is 0 Å². The molecule has 0 aliphatic heterocycles. The van der Waals surface area contributed by atoms with Gasteiger partial charge in [-0.15, -0.1) is 0 Å². The van der Waals surface area contributed by atoms with Gasteiger partial charge in [-0.3, -0.25) is 0 Å². The number of hydrogen-bond donors (Lipinski definition) is 3. The molecule has 2 rings (SSSR count). The highest BCUT2D eigenvalue weighted by atomic mass is 16.5. The molecule has 1 atom stereocenters. The molecule has 0 bridgehead atoms. The van der Waals surface area contributed by atoms with Gasteiger partial charge in [-0.25, -0.2) is 0 Å². The molecule has 1 aromatic heterocycles. The molecule has 0 fully saturated rings. The van der Waals surface area contributed by atoms with Crippen molar-refractivity contribution in [1.29, 1.82) is 0 Å². The first kappa shape index (κ1) is 18.5. The van der Waals surface area contributed by atoms with Gasteiger partial charge in [0.1, 0.15) is 24.2 Å². The number of aryl methyl sites for hydroxylation is 1. The van der Waals surface area contributed by atoms with Gasteiger partial charge in [0.15, 0.2) is 0 Å². The smallest absolute Gasteiger partial charge is 0.120 e. The lowest BCUT2D eigenvalue weighted by molar-refractivity contribution is 0.104. The molecule has 24 heavy (non-hydrogen) atoms. The summed E-state index contributed by atoms with van der Waals surface area (Å²) in [7, 11) is 0. The van der Waals surface area contributed by atoms with Crippen molar-refractivity contribution < 1.29 is 14.3 Å². The van der Waals surface area contributed by atoms with Crippen molar-refractivity contribution in [2.75, 3.05) is 13.2 Å². The summed E-state index contributed by atoms with van der Waals surface area (Å²) in [6.07, 6.45) is 1.20. The Morgan fingerprint density at radius 2 is 1.88 bits per heavy atom. The van der Waals surface area contributed by atoms with E-state index in [9.17, 15) is 5.11 Å². The molecule has 5 heteroatoms. The van der Waals surface area contributed by atoms with E-state index in [0.29, 0.717) is 19.1 Å². The van der Waals surface area contributed by atoms with Crippen molar-refractivity contribution in [2.45, 2.75) is 46.0 Å². The molecule has 5 nitrogen and oxygen atoms in total. The fourth-order valence-electron chi connectivity index (χ4n) is 2.23. The minimum Gasteiger partial charge on any atom is -0.491 e. The zero-order chi connectivity index (χ0) is 17.4. The molecular weight excluding hydrogens is 304 g/mol. The second-order valence-electron chi connectivity index (χ2n) is 6.30. The maximum atomic E-state index is 9.84. The van der Waals surface area contributed by atoms with E-state index in [1.165, 1.54) is 5.56 Å². The van der Waals surface area contributed by atoms with Crippen LogP contribution >= 0.6 is 0 Å². The summed E-state index contributed by atoms with van der Waals surface area (Å²) in [5, 5.41) is 16.4. The normalized spacial score (nSPS) is 12.5. The highest BCUT2D eigenvalue weighted by Crippen LogP contribution is 2.13. The quantitative estimate of drug-likeness (QED) is 0.624. The van der Waals surface area contributed by atoms with Gasteiger partial charge in [0.05, 0.1) is 12.8 Å². The third-order valence-corrected chi connectivity index (χ3v) is 3.71. The van der Waals surface area contributed by atoms with Crippen molar-refractivity contribution >= 4 is 0 Å². The van der Waals surface area contributed by atoms with Crippen molar-refractivity contribution in [2.24, 2.45) is 0 Å². The Morgan fingerprint density at radius 3 is 2.50 bits per heavy atom. The monoisotopic (exact) mass is 332 g/mol. The van der Waals surface area contributed by atoms with Crippen LogP contribution < -0.4 is 15.4 Å². The van der Waals surface area contributed by atoms with Crippen LogP contribution in [0.15, 0.2) is 41.0 Å². The highest BCUT2D eigenvalue weighted by Gasteiger charge is 2.06. The standard InChI is InChI=1S/C19H28N2O3/c1-14(2)21-11-17(22)13-24-18-6-4-16(5-7-18)10-20-12-19-15(3)8-9-23-19/h4-9,14,17,20-22H,10-13H2,1-3H3. The van der Waals surface area contributed by atoms with Crippen LogP contribution in [0, 0.1) is 6.92 Å². The van der Waals surface area contributed by atoms with Gasteiger partial charge in [0.25, 0.3) is 0 Å². The van der Waals surface area contributed by atoms with Gasteiger partial charge in [0, 0.05) is 19.1 Å². The number of nitrogens with one attached hydrogen (secondary N) is 2. The third-order valence-electron chi connectivity index (χ3n) is 3.71. The second kappa shape index (κ2) is 9.47. The van der Waals surface area contributed by atoms with E-state index in [4.69, 9.17) is 9.15 Å². The lowest BCUT2D eigenvalue weighted by Crippen LogP contribution is -2.35. The fraction of sp³-hybridized carbons (Fsp3) is 0.474. The second-order valence-corrected chi connectivity index (χ2v) is 6.30. The first-order valence-electron chi connectivity index (χ1n) is 8.41. The zero-order valence-corrected chi connectivity index (χ0v) is 14.7. The van der Waals surface area contributed by atoms with Gasteiger partial charge in [0.2, 0.25) is 0 Å². The van der Waals surface area contributed by atoms with E-state index >= 15 is 0 Å². The Labute approximate surface area is 144 Å². The highest BCUT2D eigenvalue weighted by molar-refractivity contribution is 5.27. The third kappa shape index (κ3) is 6.35. The summed E-state index contributed by atoms with van der Waals surface area (Å²) in [4.78, 5) is 0. The molecule has 1 heterocycles. The van der Waals surface area contributed by atoms with E-state index in [1.807, 2.05) is 51.1 Å². The van der Waals surface area contributed by atoms with Crippen LogP contribution in [0.1, 0.15) is 30.7 Å². The van der Waals surface area contributed by atoms with Crippen LogP contribution in [0.4, 0.5) is 0 Å². The van der Waals surface area contributed by atoms with Crippen LogP contribution in [0.25, 0.3) is 0 Å². The lowest BCUT2D eigenvalue weighted by atomic mass is 10.2. The summed E-state index contributed by atoms with van der Waals surface area (Å²) < 4.78 is 11.0. The SMILES string of the molecule is Cc1ccoc1CNCc1ccc(OCC(O)CNC(C)C)cc1. The Kier molecular flexibility index (Phi) is 7.31. The van der Waals surface area contributed by atoms with Crippen LogP contribution in [0.3, 0.4) is 0 Å². The molecule has 1 aromatic carbocycles. The van der Waals surface area contributed by atoms with E-state index in [1.54, 1.807) is 6.26 Å². The average molecular weight is 332 g/mol. The van der Waals surface area contributed by atoms with Crippen LogP contribution in [-0.2, 0) is 13.1 Å². The molecular formula is C19H28N2O3. The molecule has 0 saturated carbocycles. The van der Waals surface area contributed by atoms with Crippen LogP contribution in [0.5, 0.6) is 5.75 Å². The summed E-state index contributed by atoms with van der Waals surface area (Å²) in [6.45, 7) is 8.44. The molecule has 1 unspecified atom stereocenters. The fourth-order valence-corrected chi connectivity index (χ4v) is 2.23. The van der Waals surface area contributed by atoms with Gasteiger partial charge in [-0.2, -0.15) is 0 Å². The lowest BCUT2D eigenvalue weighted by Gasteiger charge is -2.15. The maximum absolute atomic E-state index is 9.84. The van der Waals surface area contributed by atoms with E-state index in [0.717, 1.165) is 23.6 Å². The number of benzene rings is 1. The molecule has 0 aliphatic rings. The largest absolute Gasteiger partial charge is 0.491 e. The summed E-state index contributed by atoms with van der Waals surface area (Å²) in [5.74, 6) is 1.74. The van der Waals surface area contributed by atoms with Crippen LogP contribution in [0.2, 0.25) is 0 Å². The molecule has 2 aromatic rings. The summed E-state index contributed by atoms with van der Waals surface area (Å²) in [5.41, 5.74) is 2.34. The van der Waals surface area contributed by atoms with Gasteiger partial charge >= 0.3 is 0 Å². The molecule has 0 saturated heterocycles. The molecule has 132 valence electrons. The Hall–Kier alpha value is -1.82. The predicted octanol–water partition coefficient (Wildman–Crippen LogP) is 2.62. The number of aliphatic hydroxyl groups excluding tert-OH is 1. The Balaban J connectivity index is 1.69. The average Bonchev–Trinajstić information content (AvgIpc) is 2.97. The number of rotatable bonds is 10. The summed E-state index contributed by atoms with van der Waals surface area (Å²) in [6, 6.07) is 10.2. The minimum absolute atomic E-state index is 0.287. The Morgan fingerprint density at radius 1 is 1.12 bits per heavy atom. The van der Waals surface area contributed by atoms with Gasteiger partial charge in [-0.1, -0.05) is 26.0 Å². The first-order chi connectivity index (χ1) is 11.5. The zero-order valence-electron chi connectivity index (χ0n) is 14.7. The number of furan rings is 1. The van der Waals surface area contributed by atoms with E-state index in [-0.39, 0.29) is 6.61 Å². The number of ether oxygens (including phenoxy) is 1. The molecule has 3 N–H and O–H groups in total. The van der Waals surface area contributed by atoms with Crippen molar-refractivity contribution in [3.8, 4) is 5.75 Å². The minimum atomic E-state index is -0.509. The van der Waals surface area contributed by atoms with E-state index in [2.05, 4.69) is 10.6 Å². The maximum Gasteiger partial charge on any atom is 0.120 e. The molecule has 0 aliphatic carbocycles. The van der Waals surface area contributed by atoms with Gasteiger partial charge in [-0.05, 0) is 36.2 Å². The summed E-state index contributed by atoms with van der Waals surface area (Å²) >= 11 is 0. The molecule has 0 radical (unpaired) electrons.